The SMILES string of the molecule is O=C(c1ccc(-n2cncn2)cc1)N1CCC(c2nc3ccccc3[nH]2)CC1. The molecule has 0 saturated carbocycles. The van der Waals surface area contributed by atoms with Gasteiger partial charge >= 0.3 is 0 Å². The zero-order chi connectivity index (χ0) is 18.9. The van der Waals surface area contributed by atoms with Gasteiger partial charge in [0, 0.05) is 24.6 Å². The third-order valence-corrected chi connectivity index (χ3v) is 5.37. The Balaban J connectivity index is 1.25. The molecule has 0 bridgehead atoms. The second kappa shape index (κ2) is 6.92. The summed E-state index contributed by atoms with van der Waals surface area (Å²) in [7, 11) is 0. The van der Waals surface area contributed by atoms with Gasteiger partial charge in [-0.15, -0.1) is 0 Å². The Morgan fingerprint density at radius 2 is 1.82 bits per heavy atom. The first-order chi connectivity index (χ1) is 13.8. The van der Waals surface area contributed by atoms with Gasteiger partial charge in [0.2, 0.25) is 0 Å². The largest absolute Gasteiger partial charge is 0.342 e. The van der Waals surface area contributed by atoms with Crippen LogP contribution in [0.5, 0.6) is 0 Å². The predicted octanol–water partition coefficient (Wildman–Crippen LogP) is 3.16. The van der Waals surface area contributed by atoms with E-state index >= 15 is 0 Å². The van der Waals surface area contributed by atoms with Crippen LogP contribution in [0, 0.1) is 0 Å². The molecule has 140 valence electrons. The van der Waals surface area contributed by atoms with Crippen molar-refractivity contribution >= 4 is 16.9 Å². The number of nitrogens with zero attached hydrogens (tertiary/aromatic N) is 5. The van der Waals surface area contributed by atoms with Crippen LogP contribution < -0.4 is 0 Å². The monoisotopic (exact) mass is 372 g/mol. The van der Waals surface area contributed by atoms with Crippen molar-refractivity contribution in [3.05, 3.63) is 72.6 Å². The summed E-state index contributed by atoms with van der Waals surface area (Å²) in [6.45, 7) is 1.48. The summed E-state index contributed by atoms with van der Waals surface area (Å²) >= 11 is 0. The van der Waals surface area contributed by atoms with Crippen LogP contribution in [0.2, 0.25) is 0 Å². The molecule has 0 unspecified atom stereocenters. The number of aromatic amines is 1. The van der Waals surface area contributed by atoms with E-state index in [9.17, 15) is 4.79 Å². The van der Waals surface area contributed by atoms with Gasteiger partial charge in [-0.25, -0.2) is 14.6 Å². The molecule has 5 rings (SSSR count). The van der Waals surface area contributed by atoms with E-state index in [4.69, 9.17) is 4.98 Å². The van der Waals surface area contributed by atoms with E-state index in [-0.39, 0.29) is 5.91 Å². The van der Waals surface area contributed by atoms with E-state index in [1.165, 1.54) is 6.33 Å². The first-order valence-corrected chi connectivity index (χ1v) is 9.47. The topological polar surface area (TPSA) is 79.7 Å². The van der Waals surface area contributed by atoms with Crippen molar-refractivity contribution in [3.63, 3.8) is 0 Å². The maximum atomic E-state index is 12.8. The predicted molar refractivity (Wildman–Crippen MR) is 105 cm³/mol. The lowest BCUT2D eigenvalue weighted by Crippen LogP contribution is -2.38. The van der Waals surface area contributed by atoms with Gasteiger partial charge in [-0.3, -0.25) is 4.79 Å². The molecule has 1 fully saturated rings. The smallest absolute Gasteiger partial charge is 0.253 e. The Hall–Kier alpha value is -3.48. The maximum Gasteiger partial charge on any atom is 0.253 e. The molecule has 0 atom stereocenters. The van der Waals surface area contributed by atoms with Crippen LogP contribution in [0.25, 0.3) is 16.7 Å². The number of amides is 1. The molecule has 0 aliphatic carbocycles. The van der Waals surface area contributed by atoms with Crippen molar-refractivity contribution in [2.45, 2.75) is 18.8 Å². The summed E-state index contributed by atoms with van der Waals surface area (Å²) < 4.78 is 1.67. The molecule has 2 aromatic heterocycles. The highest BCUT2D eigenvalue weighted by Gasteiger charge is 2.26. The molecule has 7 heteroatoms. The normalized spacial score (nSPS) is 15.2. The highest BCUT2D eigenvalue weighted by molar-refractivity contribution is 5.94. The van der Waals surface area contributed by atoms with Crippen LogP contribution in [-0.2, 0) is 0 Å². The van der Waals surface area contributed by atoms with Crippen LogP contribution in [0.3, 0.4) is 0 Å². The Kier molecular flexibility index (Phi) is 4.12. The fourth-order valence-electron chi connectivity index (χ4n) is 3.80. The molecule has 3 heterocycles. The van der Waals surface area contributed by atoms with Gasteiger partial charge in [-0.1, -0.05) is 12.1 Å². The molecule has 2 aromatic carbocycles. The van der Waals surface area contributed by atoms with Gasteiger partial charge in [-0.05, 0) is 49.2 Å². The molecular formula is C21H20N6O. The van der Waals surface area contributed by atoms with Gasteiger partial charge in [0.15, 0.2) is 0 Å². The third-order valence-electron chi connectivity index (χ3n) is 5.37. The minimum Gasteiger partial charge on any atom is -0.342 e. The summed E-state index contributed by atoms with van der Waals surface area (Å²) in [5.74, 6) is 1.48. The van der Waals surface area contributed by atoms with Crippen LogP contribution in [-0.4, -0.2) is 48.6 Å². The highest BCUT2D eigenvalue weighted by atomic mass is 16.2. The molecule has 4 aromatic rings. The van der Waals surface area contributed by atoms with Gasteiger partial charge in [0.25, 0.3) is 5.91 Å². The maximum absolute atomic E-state index is 12.8. The lowest BCUT2D eigenvalue weighted by atomic mass is 9.95. The quantitative estimate of drug-likeness (QED) is 0.599. The van der Waals surface area contributed by atoms with E-state index in [1.807, 2.05) is 53.4 Å². The fraction of sp³-hybridized carbons (Fsp3) is 0.238. The first-order valence-electron chi connectivity index (χ1n) is 9.47. The second-order valence-electron chi connectivity index (χ2n) is 7.09. The number of hydrogen-bond acceptors (Lipinski definition) is 4. The Labute approximate surface area is 162 Å². The van der Waals surface area contributed by atoms with E-state index in [0.29, 0.717) is 11.5 Å². The molecule has 1 saturated heterocycles. The van der Waals surface area contributed by atoms with Gasteiger partial charge < -0.3 is 9.88 Å². The average molecular weight is 372 g/mol. The number of nitrogens with one attached hydrogen (secondary N) is 1. The Morgan fingerprint density at radius 3 is 2.54 bits per heavy atom. The number of para-hydroxylation sites is 2. The molecule has 0 spiro atoms. The van der Waals surface area contributed by atoms with E-state index in [0.717, 1.165) is 48.5 Å². The number of piperidine rings is 1. The molecule has 1 N–H and O–H groups in total. The van der Waals surface area contributed by atoms with E-state index < -0.39 is 0 Å². The lowest BCUT2D eigenvalue weighted by Gasteiger charge is -2.31. The van der Waals surface area contributed by atoms with Crippen LogP contribution in [0.15, 0.2) is 61.2 Å². The number of likely N-dealkylation sites (tertiary alicyclic amines) is 1. The first kappa shape index (κ1) is 16.7. The van der Waals surface area contributed by atoms with Crippen LogP contribution in [0.1, 0.15) is 34.9 Å². The number of carbonyl (C=O) groups is 1. The van der Waals surface area contributed by atoms with E-state index in [2.05, 4.69) is 15.1 Å². The minimum absolute atomic E-state index is 0.0770. The van der Waals surface area contributed by atoms with Crippen molar-refractivity contribution in [1.82, 2.24) is 29.6 Å². The summed E-state index contributed by atoms with van der Waals surface area (Å²) in [6.07, 6.45) is 4.97. The Bertz CT molecular complexity index is 1060. The zero-order valence-corrected chi connectivity index (χ0v) is 15.3. The van der Waals surface area contributed by atoms with Crippen molar-refractivity contribution in [3.8, 4) is 5.69 Å². The average Bonchev–Trinajstić information content (AvgIpc) is 3.43. The summed E-state index contributed by atoms with van der Waals surface area (Å²) in [5, 5.41) is 4.10. The standard InChI is InChI=1S/C21H20N6O/c28-21(16-5-7-17(8-6-16)27-14-22-13-23-27)26-11-9-15(10-12-26)20-24-18-3-1-2-4-19(18)25-20/h1-8,13-15H,9-12H2,(H,24,25). The molecule has 1 aliphatic rings. The zero-order valence-electron chi connectivity index (χ0n) is 15.3. The number of aromatic nitrogens is 5. The third kappa shape index (κ3) is 3.05. The van der Waals surface area contributed by atoms with Crippen molar-refractivity contribution < 1.29 is 4.79 Å². The molecular weight excluding hydrogens is 352 g/mol. The number of fused-ring (bicyclic) bond motifs is 1. The van der Waals surface area contributed by atoms with Gasteiger partial charge in [0.05, 0.1) is 16.7 Å². The second-order valence-corrected chi connectivity index (χ2v) is 7.09. The van der Waals surface area contributed by atoms with Gasteiger partial charge in [0.1, 0.15) is 18.5 Å². The number of imidazole rings is 1. The van der Waals surface area contributed by atoms with Crippen molar-refractivity contribution in [2.75, 3.05) is 13.1 Å². The number of hydrogen-bond donors (Lipinski definition) is 1. The van der Waals surface area contributed by atoms with Crippen molar-refractivity contribution in [1.29, 1.82) is 0 Å². The molecule has 28 heavy (non-hydrogen) atoms. The summed E-state index contributed by atoms with van der Waals surface area (Å²) in [4.78, 5) is 26.9. The fourth-order valence-corrected chi connectivity index (χ4v) is 3.80. The number of H-pyrrole nitrogens is 1. The van der Waals surface area contributed by atoms with Gasteiger partial charge in [-0.2, -0.15) is 5.10 Å². The van der Waals surface area contributed by atoms with Crippen LogP contribution in [0.4, 0.5) is 0 Å². The lowest BCUT2D eigenvalue weighted by molar-refractivity contribution is 0.0711. The Morgan fingerprint density at radius 1 is 1.04 bits per heavy atom. The molecule has 1 amide bonds. The minimum atomic E-state index is 0.0770. The van der Waals surface area contributed by atoms with Crippen molar-refractivity contribution in [2.24, 2.45) is 0 Å². The summed E-state index contributed by atoms with van der Waals surface area (Å²) in [6, 6.07) is 15.6. The number of carbonyl (C=O) groups excluding carboxylic acids is 1. The molecule has 7 nitrogen and oxygen atoms in total. The summed E-state index contributed by atoms with van der Waals surface area (Å²) in [5.41, 5.74) is 3.66. The number of rotatable bonds is 3. The molecule has 0 radical (unpaired) electrons. The highest BCUT2D eigenvalue weighted by Crippen LogP contribution is 2.28. The van der Waals surface area contributed by atoms with Crippen LogP contribution >= 0.6 is 0 Å². The molecule has 1 aliphatic heterocycles. The number of benzene rings is 2. The van der Waals surface area contributed by atoms with E-state index in [1.54, 1.807) is 11.0 Å².